The van der Waals surface area contributed by atoms with Crippen LogP contribution in [-0.4, -0.2) is 149 Å². The molecule has 2 amide bonds. The number of rotatable bonds is 12. The van der Waals surface area contributed by atoms with Crippen LogP contribution in [0, 0.1) is 0 Å². The lowest BCUT2D eigenvalue weighted by Crippen LogP contribution is -2.55. The molecular formula is C27H42N6O8. The Balaban J connectivity index is 2.23. The van der Waals surface area contributed by atoms with Crippen molar-refractivity contribution in [2.24, 2.45) is 0 Å². The molecule has 0 bridgehead atoms. The maximum atomic E-state index is 13.3. The molecule has 1 heterocycles. The molecule has 1 aromatic rings. The SMILES string of the molecule is CC(=O)NC(CN1CCN(CC(=O)O)CCN(CC(=O)O)CCN(CC(=O)O)CC1)C(=O)N[C@@H](C)c1ccccc1. The predicted octanol–water partition coefficient (Wildman–Crippen LogP) is -1.16. The number of hydrogen-bond donors (Lipinski definition) is 5. The molecule has 2 atom stereocenters. The van der Waals surface area contributed by atoms with Crippen molar-refractivity contribution in [2.75, 3.05) is 78.5 Å². The molecule has 1 saturated heterocycles. The molecule has 0 aliphatic carbocycles. The number of carbonyl (C=O) groups is 5. The molecule has 2 rings (SSSR count). The van der Waals surface area contributed by atoms with Gasteiger partial charge in [0.15, 0.2) is 0 Å². The van der Waals surface area contributed by atoms with E-state index in [2.05, 4.69) is 10.6 Å². The first-order chi connectivity index (χ1) is 19.4. The van der Waals surface area contributed by atoms with Gasteiger partial charge in [0.2, 0.25) is 11.8 Å². The Morgan fingerprint density at radius 1 is 0.683 bits per heavy atom. The average Bonchev–Trinajstić information content (AvgIpc) is 2.88. The van der Waals surface area contributed by atoms with Crippen LogP contribution >= 0.6 is 0 Å². The number of nitrogens with one attached hydrogen (secondary N) is 2. The van der Waals surface area contributed by atoms with Crippen LogP contribution in [0.3, 0.4) is 0 Å². The van der Waals surface area contributed by atoms with Crippen LogP contribution in [0.25, 0.3) is 0 Å². The molecule has 5 N–H and O–H groups in total. The molecule has 41 heavy (non-hydrogen) atoms. The second kappa shape index (κ2) is 17.3. The van der Waals surface area contributed by atoms with Crippen molar-refractivity contribution in [2.45, 2.75) is 25.9 Å². The summed E-state index contributed by atoms with van der Waals surface area (Å²) in [6, 6.07) is 8.18. The van der Waals surface area contributed by atoms with Gasteiger partial charge in [-0.15, -0.1) is 0 Å². The number of hydrogen-bond acceptors (Lipinski definition) is 9. The molecule has 14 heteroatoms. The van der Waals surface area contributed by atoms with E-state index in [9.17, 15) is 39.3 Å². The van der Waals surface area contributed by atoms with Gasteiger partial charge in [0, 0.05) is 65.8 Å². The smallest absolute Gasteiger partial charge is 0.317 e. The number of benzene rings is 1. The minimum Gasteiger partial charge on any atom is -0.480 e. The number of carboxylic acid groups (broad SMARTS) is 3. The Hall–Kier alpha value is -3.59. The van der Waals surface area contributed by atoms with Gasteiger partial charge in [0.25, 0.3) is 0 Å². The van der Waals surface area contributed by atoms with Crippen molar-refractivity contribution < 1.29 is 39.3 Å². The van der Waals surface area contributed by atoms with E-state index in [1.165, 1.54) is 6.92 Å². The summed E-state index contributed by atoms with van der Waals surface area (Å²) < 4.78 is 0. The lowest BCUT2D eigenvalue weighted by atomic mass is 10.1. The van der Waals surface area contributed by atoms with E-state index >= 15 is 0 Å². The monoisotopic (exact) mass is 578 g/mol. The number of aliphatic carboxylic acids is 3. The second-order valence-electron chi connectivity index (χ2n) is 10.2. The van der Waals surface area contributed by atoms with Gasteiger partial charge < -0.3 is 26.0 Å². The quantitative estimate of drug-likeness (QED) is 0.201. The second-order valence-corrected chi connectivity index (χ2v) is 10.2. The van der Waals surface area contributed by atoms with Crippen LogP contribution in [0.1, 0.15) is 25.5 Å². The van der Waals surface area contributed by atoms with Gasteiger partial charge in [-0.2, -0.15) is 0 Å². The molecule has 0 spiro atoms. The van der Waals surface area contributed by atoms with Crippen molar-refractivity contribution >= 4 is 29.7 Å². The highest BCUT2D eigenvalue weighted by molar-refractivity contribution is 5.87. The zero-order chi connectivity index (χ0) is 30.4. The Bertz CT molecular complexity index is 994. The molecule has 0 radical (unpaired) electrons. The zero-order valence-corrected chi connectivity index (χ0v) is 23.7. The van der Waals surface area contributed by atoms with Gasteiger partial charge in [-0.3, -0.25) is 43.6 Å². The molecule has 1 aliphatic rings. The van der Waals surface area contributed by atoms with Gasteiger partial charge in [0.1, 0.15) is 6.04 Å². The molecule has 0 saturated carbocycles. The van der Waals surface area contributed by atoms with Gasteiger partial charge in [-0.1, -0.05) is 30.3 Å². The maximum Gasteiger partial charge on any atom is 0.317 e. The molecule has 1 aliphatic heterocycles. The summed E-state index contributed by atoms with van der Waals surface area (Å²) in [5, 5.41) is 33.8. The van der Waals surface area contributed by atoms with Crippen molar-refractivity contribution in [1.82, 2.24) is 30.2 Å². The summed E-state index contributed by atoms with van der Waals surface area (Å²) in [5.74, 6) is -3.83. The minimum atomic E-state index is -1.03. The van der Waals surface area contributed by atoms with Gasteiger partial charge in [0.05, 0.1) is 25.7 Å². The Kier molecular flexibility index (Phi) is 14.2. The highest BCUT2D eigenvalue weighted by Crippen LogP contribution is 2.11. The van der Waals surface area contributed by atoms with E-state index in [1.807, 2.05) is 42.2 Å². The van der Waals surface area contributed by atoms with Crippen LogP contribution < -0.4 is 10.6 Å². The summed E-state index contributed by atoms with van der Waals surface area (Å²) in [4.78, 5) is 66.6. The lowest BCUT2D eigenvalue weighted by Gasteiger charge is -2.34. The van der Waals surface area contributed by atoms with Gasteiger partial charge in [-0.05, 0) is 12.5 Å². The van der Waals surface area contributed by atoms with Crippen molar-refractivity contribution in [1.29, 1.82) is 0 Å². The highest BCUT2D eigenvalue weighted by Gasteiger charge is 2.26. The number of nitrogens with zero attached hydrogens (tertiary/aromatic N) is 4. The summed E-state index contributed by atoms with van der Waals surface area (Å²) in [6.07, 6.45) is 0. The fourth-order valence-corrected chi connectivity index (χ4v) is 4.65. The maximum absolute atomic E-state index is 13.3. The van der Waals surface area contributed by atoms with E-state index < -0.39 is 23.9 Å². The van der Waals surface area contributed by atoms with E-state index in [4.69, 9.17) is 0 Å². The first kappa shape index (κ1) is 33.6. The van der Waals surface area contributed by atoms with Crippen LogP contribution in [0.15, 0.2) is 30.3 Å². The van der Waals surface area contributed by atoms with Crippen LogP contribution in [-0.2, 0) is 24.0 Å². The average molecular weight is 579 g/mol. The normalized spacial score (nSPS) is 18.3. The molecule has 14 nitrogen and oxygen atoms in total. The van der Waals surface area contributed by atoms with Crippen molar-refractivity contribution in [3.8, 4) is 0 Å². The standard InChI is InChI=1S/C27H42N6O8/c1-20(22-6-4-3-5-7-22)28-27(41)23(29-21(2)34)16-30-8-10-31(17-24(35)36)12-14-33(19-26(39)40)15-13-32(11-9-30)18-25(37)38/h3-7,20,23H,8-19H2,1-2H3,(H,28,41)(H,29,34)(H,35,36)(H,37,38)(H,39,40)/t20-,23?/m0/s1. The number of amides is 2. The fraction of sp³-hybridized carbons (Fsp3) is 0.593. The Labute approximate surface area is 239 Å². The summed E-state index contributed by atoms with van der Waals surface area (Å²) in [6.45, 7) is 4.99. The summed E-state index contributed by atoms with van der Waals surface area (Å²) >= 11 is 0. The highest BCUT2D eigenvalue weighted by atomic mass is 16.4. The molecule has 1 fully saturated rings. The minimum absolute atomic E-state index is 0.125. The number of carboxylic acids is 3. The van der Waals surface area contributed by atoms with E-state index in [0.717, 1.165) is 5.56 Å². The molecular weight excluding hydrogens is 536 g/mol. The van der Waals surface area contributed by atoms with Crippen LogP contribution in [0.5, 0.6) is 0 Å². The van der Waals surface area contributed by atoms with Crippen molar-refractivity contribution in [3.05, 3.63) is 35.9 Å². The Morgan fingerprint density at radius 2 is 1.07 bits per heavy atom. The third-order valence-corrected chi connectivity index (χ3v) is 6.80. The Morgan fingerprint density at radius 3 is 1.44 bits per heavy atom. The molecule has 1 aromatic carbocycles. The largest absolute Gasteiger partial charge is 0.480 e. The predicted molar refractivity (Wildman–Crippen MR) is 149 cm³/mol. The fourth-order valence-electron chi connectivity index (χ4n) is 4.65. The van der Waals surface area contributed by atoms with Gasteiger partial charge in [-0.25, -0.2) is 0 Å². The first-order valence-corrected chi connectivity index (χ1v) is 13.6. The molecule has 0 aromatic heterocycles. The molecule has 228 valence electrons. The van der Waals surface area contributed by atoms with Crippen LogP contribution in [0.4, 0.5) is 0 Å². The third-order valence-electron chi connectivity index (χ3n) is 6.80. The van der Waals surface area contributed by atoms with E-state index in [0.29, 0.717) is 26.2 Å². The third kappa shape index (κ3) is 13.5. The van der Waals surface area contributed by atoms with E-state index in [-0.39, 0.29) is 70.2 Å². The van der Waals surface area contributed by atoms with Gasteiger partial charge >= 0.3 is 17.9 Å². The van der Waals surface area contributed by atoms with Crippen LogP contribution in [0.2, 0.25) is 0 Å². The zero-order valence-electron chi connectivity index (χ0n) is 23.7. The molecule has 1 unspecified atom stereocenters. The summed E-state index contributed by atoms with van der Waals surface area (Å²) in [7, 11) is 0. The lowest BCUT2D eigenvalue weighted by molar-refractivity contribution is -0.140. The topological polar surface area (TPSA) is 183 Å². The first-order valence-electron chi connectivity index (χ1n) is 13.6. The summed E-state index contributed by atoms with van der Waals surface area (Å²) in [5.41, 5.74) is 0.902. The number of carbonyl (C=O) groups excluding carboxylic acids is 2. The van der Waals surface area contributed by atoms with E-state index in [1.54, 1.807) is 14.7 Å². The van der Waals surface area contributed by atoms with Crippen molar-refractivity contribution in [3.63, 3.8) is 0 Å².